The molecule has 30 heavy (non-hydrogen) atoms. The lowest BCUT2D eigenvalue weighted by molar-refractivity contribution is 0.0852. The van der Waals surface area contributed by atoms with Crippen molar-refractivity contribution in [3.63, 3.8) is 0 Å². The second-order valence-electron chi connectivity index (χ2n) is 6.69. The summed E-state index contributed by atoms with van der Waals surface area (Å²) in [5.41, 5.74) is 0.000108. The molecule has 0 saturated carbocycles. The topological polar surface area (TPSA) is 131 Å². The highest BCUT2D eigenvalue weighted by Gasteiger charge is 2.26. The summed E-state index contributed by atoms with van der Waals surface area (Å²) in [6, 6.07) is 3.48. The molecule has 3 rings (SSSR count). The molecule has 2 heterocycles. The van der Waals surface area contributed by atoms with Crippen molar-refractivity contribution in [1.29, 1.82) is 0 Å². The maximum absolute atomic E-state index is 14.4. The van der Waals surface area contributed by atoms with Crippen LogP contribution in [0.15, 0.2) is 29.4 Å². The van der Waals surface area contributed by atoms with Gasteiger partial charge in [-0.3, -0.25) is 0 Å². The molecule has 0 spiro atoms. The quantitative estimate of drug-likeness (QED) is 0.694. The summed E-state index contributed by atoms with van der Waals surface area (Å²) in [7, 11) is -2.16. The number of methoxy groups -OCH3 is 1. The number of likely N-dealkylation sites (tertiary alicyclic amines) is 1. The van der Waals surface area contributed by atoms with Gasteiger partial charge in [0.05, 0.1) is 17.7 Å². The molecular weight excluding hydrogens is 419 g/mol. The molecule has 0 radical (unpaired) electrons. The standard InChI is InChI=1S/C18H21FN4O6S/c1-28-15-16(22-14-4-3-12(9-13(14)19)30(2,26)27)20-10-21-17(15)29-11-5-7-23(8-6-11)18(24)25/h3-4,9-11H,5-8H2,1-2H3,(H,24,25)(H,20,21,22). The van der Waals surface area contributed by atoms with Gasteiger partial charge in [0.2, 0.25) is 5.75 Å². The number of hydrogen-bond donors (Lipinski definition) is 2. The van der Waals surface area contributed by atoms with Crippen molar-refractivity contribution in [2.45, 2.75) is 23.8 Å². The Balaban J connectivity index is 1.78. The van der Waals surface area contributed by atoms with E-state index in [1.165, 1.54) is 30.5 Å². The lowest BCUT2D eigenvalue weighted by Gasteiger charge is -2.30. The average molecular weight is 440 g/mol. The van der Waals surface area contributed by atoms with Gasteiger partial charge in [-0.25, -0.2) is 22.6 Å². The van der Waals surface area contributed by atoms with Gasteiger partial charge in [0.1, 0.15) is 18.2 Å². The minimum absolute atomic E-state index is 0.000108. The smallest absolute Gasteiger partial charge is 0.407 e. The molecule has 10 nitrogen and oxygen atoms in total. The lowest BCUT2D eigenvalue weighted by Crippen LogP contribution is -2.41. The van der Waals surface area contributed by atoms with Gasteiger partial charge >= 0.3 is 6.09 Å². The van der Waals surface area contributed by atoms with Gasteiger partial charge in [-0.15, -0.1) is 0 Å². The Morgan fingerprint density at radius 1 is 1.30 bits per heavy atom. The highest BCUT2D eigenvalue weighted by molar-refractivity contribution is 7.90. The second-order valence-corrected chi connectivity index (χ2v) is 8.70. The van der Waals surface area contributed by atoms with E-state index in [1.54, 1.807) is 0 Å². The monoisotopic (exact) mass is 440 g/mol. The third-order valence-corrected chi connectivity index (χ3v) is 5.70. The molecule has 2 N–H and O–H groups in total. The van der Waals surface area contributed by atoms with Crippen LogP contribution in [0.5, 0.6) is 11.6 Å². The van der Waals surface area contributed by atoms with Crippen LogP contribution in [-0.4, -0.2) is 67.0 Å². The number of halogens is 1. The van der Waals surface area contributed by atoms with Crippen molar-refractivity contribution in [2.24, 2.45) is 0 Å². The zero-order valence-electron chi connectivity index (χ0n) is 16.3. The number of nitrogens with one attached hydrogen (secondary N) is 1. The van der Waals surface area contributed by atoms with Crippen LogP contribution in [0.1, 0.15) is 12.8 Å². The number of carbonyl (C=O) groups is 1. The first kappa shape index (κ1) is 21.6. The number of carboxylic acid groups (broad SMARTS) is 1. The molecule has 162 valence electrons. The van der Waals surface area contributed by atoms with Gasteiger partial charge in [-0.1, -0.05) is 0 Å². The number of anilines is 2. The van der Waals surface area contributed by atoms with Crippen LogP contribution in [0.2, 0.25) is 0 Å². The molecule has 0 aliphatic carbocycles. The maximum atomic E-state index is 14.4. The third-order valence-electron chi connectivity index (χ3n) is 4.59. The van der Waals surface area contributed by atoms with Crippen LogP contribution in [-0.2, 0) is 9.84 Å². The van der Waals surface area contributed by atoms with Crippen molar-refractivity contribution in [3.8, 4) is 11.6 Å². The van der Waals surface area contributed by atoms with Gasteiger partial charge in [-0.05, 0) is 18.2 Å². The van der Waals surface area contributed by atoms with Gasteiger partial charge in [0.15, 0.2) is 15.7 Å². The fourth-order valence-electron chi connectivity index (χ4n) is 2.99. The minimum Gasteiger partial charge on any atom is -0.489 e. The fourth-order valence-corrected chi connectivity index (χ4v) is 3.63. The van der Waals surface area contributed by atoms with E-state index in [2.05, 4.69) is 15.3 Å². The second kappa shape index (κ2) is 8.69. The predicted octanol–water partition coefficient (Wildman–Crippen LogP) is 2.29. The molecule has 1 aromatic heterocycles. The molecule has 12 heteroatoms. The van der Waals surface area contributed by atoms with E-state index in [9.17, 15) is 17.6 Å². The van der Waals surface area contributed by atoms with Crippen molar-refractivity contribution < 1.29 is 32.2 Å². The molecule has 1 amide bonds. The van der Waals surface area contributed by atoms with E-state index < -0.39 is 21.7 Å². The SMILES string of the molecule is COc1c(Nc2ccc(S(C)(=O)=O)cc2F)ncnc1OC1CCN(C(=O)O)CC1. The van der Waals surface area contributed by atoms with E-state index in [0.717, 1.165) is 12.3 Å². The number of piperidine rings is 1. The normalized spacial score (nSPS) is 15.0. The molecular formula is C18H21FN4O6S. The number of nitrogens with zero attached hydrogens (tertiary/aromatic N) is 3. The number of hydrogen-bond acceptors (Lipinski definition) is 8. The van der Waals surface area contributed by atoms with Gasteiger partial charge in [0, 0.05) is 32.2 Å². The first-order valence-corrected chi connectivity index (χ1v) is 10.9. The third kappa shape index (κ3) is 4.87. The van der Waals surface area contributed by atoms with Crippen LogP contribution >= 0.6 is 0 Å². The Kier molecular flexibility index (Phi) is 6.25. The van der Waals surface area contributed by atoms with Gasteiger partial charge in [-0.2, -0.15) is 4.98 Å². The molecule has 0 bridgehead atoms. The van der Waals surface area contributed by atoms with Crippen LogP contribution in [0.4, 0.5) is 20.7 Å². The van der Waals surface area contributed by atoms with Crippen molar-refractivity contribution in [1.82, 2.24) is 14.9 Å². The number of benzene rings is 1. The van der Waals surface area contributed by atoms with Crippen molar-refractivity contribution in [2.75, 3.05) is 31.8 Å². The fraction of sp³-hybridized carbons (Fsp3) is 0.389. The number of sulfone groups is 1. The zero-order valence-corrected chi connectivity index (χ0v) is 17.1. The number of aromatic nitrogens is 2. The summed E-state index contributed by atoms with van der Waals surface area (Å²) < 4.78 is 48.7. The van der Waals surface area contributed by atoms with Crippen LogP contribution in [0, 0.1) is 5.82 Å². The first-order valence-electron chi connectivity index (χ1n) is 8.99. The van der Waals surface area contributed by atoms with Crippen molar-refractivity contribution >= 4 is 27.4 Å². The Hall–Kier alpha value is -3.15. The number of rotatable bonds is 6. The summed E-state index contributed by atoms with van der Waals surface area (Å²) in [5.74, 6) is -0.361. The molecule has 1 fully saturated rings. The summed E-state index contributed by atoms with van der Waals surface area (Å²) in [4.78, 5) is 20.3. The van der Waals surface area contributed by atoms with Crippen LogP contribution < -0.4 is 14.8 Å². The van der Waals surface area contributed by atoms with Gasteiger partial charge in [0.25, 0.3) is 5.88 Å². The summed E-state index contributed by atoms with van der Waals surface area (Å²) in [6.45, 7) is 0.687. The first-order chi connectivity index (χ1) is 14.2. The average Bonchev–Trinajstić information content (AvgIpc) is 2.69. The Morgan fingerprint density at radius 3 is 2.57 bits per heavy atom. The molecule has 2 aromatic rings. The van der Waals surface area contributed by atoms with E-state index in [1.807, 2.05) is 0 Å². The zero-order chi connectivity index (χ0) is 21.9. The summed E-state index contributed by atoms with van der Waals surface area (Å²) >= 11 is 0. The Bertz CT molecular complexity index is 1040. The molecule has 0 atom stereocenters. The molecule has 1 aromatic carbocycles. The van der Waals surface area contributed by atoms with Crippen LogP contribution in [0.25, 0.3) is 0 Å². The van der Waals surface area contributed by atoms with E-state index in [-0.39, 0.29) is 34.1 Å². The molecule has 0 unspecified atom stereocenters. The van der Waals surface area contributed by atoms with E-state index in [4.69, 9.17) is 14.6 Å². The number of ether oxygens (including phenoxy) is 2. The largest absolute Gasteiger partial charge is 0.489 e. The number of amides is 1. The molecule has 1 aliphatic rings. The lowest BCUT2D eigenvalue weighted by atomic mass is 10.1. The highest BCUT2D eigenvalue weighted by atomic mass is 32.2. The molecule has 1 saturated heterocycles. The highest BCUT2D eigenvalue weighted by Crippen LogP contribution is 2.35. The van der Waals surface area contributed by atoms with Crippen molar-refractivity contribution in [3.05, 3.63) is 30.3 Å². The van der Waals surface area contributed by atoms with Gasteiger partial charge < -0.3 is 24.8 Å². The van der Waals surface area contributed by atoms with E-state index in [0.29, 0.717) is 25.9 Å². The Morgan fingerprint density at radius 2 is 2.00 bits per heavy atom. The predicted molar refractivity (Wildman–Crippen MR) is 105 cm³/mol. The summed E-state index contributed by atoms with van der Waals surface area (Å²) in [6.07, 6.45) is 1.96. The summed E-state index contributed by atoms with van der Waals surface area (Å²) in [5, 5.41) is 11.8. The molecule has 1 aliphatic heterocycles. The Labute approximate surface area is 172 Å². The minimum atomic E-state index is -3.54. The van der Waals surface area contributed by atoms with Crippen LogP contribution in [0.3, 0.4) is 0 Å². The van der Waals surface area contributed by atoms with E-state index >= 15 is 0 Å². The maximum Gasteiger partial charge on any atom is 0.407 e.